The molecule has 0 radical (unpaired) electrons. The predicted molar refractivity (Wildman–Crippen MR) is 107 cm³/mol. The first-order valence-corrected chi connectivity index (χ1v) is 11.3. The topological polar surface area (TPSA) is 66.9 Å². The van der Waals surface area contributed by atoms with Gasteiger partial charge in [-0.2, -0.15) is 4.31 Å². The maximum atomic E-state index is 12.6. The molecule has 0 spiro atoms. The van der Waals surface area contributed by atoms with Crippen LogP contribution >= 0.6 is 46.1 Å². The summed E-state index contributed by atoms with van der Waals surface area (Å²) in [5.74, 6) is 0.0792. The Hall–Kier alpha value is -1.03. The highest BCUT2D eigenvalue weighted by atomic mass is 35.5. The van der Waals surface area contributed by atoms with Crippen molar-refractivity contribution in [3.63, 3.8) is 0 Å². The Morgan fingerprint density at radius 2 is 1.78 bits per heavy atom. The number of rotatable bonds is 5. The molecule has 1 aliphatic heterocycles. The van der Waals surface area contributed by atoms with Gasteiger partial charge in [0.05, 0.1) is 9.36 Å². The summed E-state index contributed by atoms with van der Waals surface area (Å²) < 4.78 is 32.6. The summed E-state index contributed by atoms with van der Waals surface area (Å²) in [5, 5.41) is 0.589. The summed E-state index contributed by atoms with van der Waals surface area (Å²) >= 11 is 18.8. The van der Waals surface area contributed by atoms with Crippen molar-refractivity contribution in [3.05, 3.63) is 44.7 Å². The Morgan fingerprint density at radius 1 is 1.07 bits per heavy atom. The summed E-state index contributed by atoms with van der Waals surface area (Å²) in [5.41, 5.74) is 0. The van der Waals surface area contributed by atoms with E-state index in [1.54, 1.807) is 29.2 Å². The molecular weight excluding hydrogens is 455 g/mol. The molecular formula is C16H15Cl3N2O4S2. The number of piperazine rings is 1. The highest BCUT2D eigenvalue weighted by Crippen LogP contribution is 2.31. The SMILES string of the molecule is O=C(COc1cccc(Cl)c1Cl)N1CCN(S(=O)(=O)c2ccc(Cl)s2)CC1. The van der Waals surface area contributed by atoms with Crippen LogP contribution in [0.15, 0.2) is 34.5 Å². The lowest BCUT2D eigenvalue weighted by molar-refractivity contribution is -0.134. The first kappa shape index (κ1) is 20.7. The summed E-state index contributed by atoms with van der Waals surface area (Å²) in [6.45, 7) is 0.782. The molecule has 1 amide bonds. The zero-order chi connectivity index (χ0) is 19.6. The molecule has 3 rings (SSSR count). The number of nitrogens with zero attached hydrogens (tertiary/aromatic N) is 2. The van der Waals surface area contributed by atoms with Gasteiger partial charge in [0.25, 0.3) is 15.9 Å². The van der Waals surface area contributed by atoms with Gasteiger partial charge in [-0.05, 0) is 24.3 Å². The average molecular weight is 470 g/mol. The van der Waals surface area contributed by atoms with Gasteiger partial charge in [-0.1, -0.05) is 40.9 Å². The van der Waals surface area contributed by atoms with E-state index in [0.717, 1.165) is 11.3 Å². The van der Waals surface area contributed by atoms with Crippen LogP contribution in [-0.2, 0) is 14.8 Å². The van der Waals surface area contributed by atoms with Crippen molar-refractivity contribution in [1.82, 2.24) is 9.21 Å². The molecule has 0 N–H and O–H groups in total. The number of amides is 1. The van der Waals surface area contributed by atoms with Crippen molar-refractivity contribution in [1.29, 1.82) is 0 Å². The van der Waals surface area contributed by atoms with E-state index in [1.807, 2.05) is 0 Å². The third-order valence-electron chi connectivity index (χ3n) is 4.00. The molecule has 11 heteroatoms. The van der Waals surface area contributed by atoms with Gasteiger partial charge < -0.3 is 9.64 Å². The summed E-state index contributed by atoms with van der Waals surface area (Å²) in [7, 11) is -3.59. The molecule has 1 fully saturated rings. The quantitative estimate of drug-likeness (QED) is 0.671. The highest BCUT2D eigenvalue weighted by molar-refractivity contribution is 7.91. The molecule has 2 aromatic rings. The summed E-state index contributed by atoms with van der Waals surface area (Å²) in [6, 6.07) is 7.96. The third kappa shape index (κ3) is 4.70. The van der Waals surface area contributed by atoms with E-state index >= 15 is 0 Å². The second kappa shape index (κ2) is 8.55. The molecule has 0 unspecified atom stereocenters. The van der Waals surface area contributed by atoms with Crippen molar-refractivity contribution in [2.24, 2.45) is 0 Å². The zero-order valence-electron chi connectivity index (χ0n) is 13.9. The third-order valence-corrected chi connectivity index (χ3v) is 8.40. The molecule has 27 heavy (non-hydrogen) atoms. The van der Waals surface area contributed by atoms with Crippen molar-refractivity contribution in [2.45, 2.75) is 4.21 Å². The first-order chi connectivity index (χ1) is 12.8. The van der Waals surface area contributed by atoms with Gasteiger partial charge in [0.15, 0.2) is 6.61 Å². The normalized spacial score (nSPS) is 15.7. The maximum absolute atomic E-state index is 12.6. The molecule has 0 saturated carbocycles. The van der Waals surface area contributed by atoms with Crippen LogP contribution in [0.1, 0.15) is 0 Å². The standard InChI is InChI=1S/C16H15Cl3N2O4S2/c17-11-2-1-3-12(16(11)19)25-10-14(22)20-6-8-21(9-7-20)27(23,24)15-5-4-13(18)26-15/h1-5H,6-10H2. The average Bonchev–Trinajstić information content (AvgIpc) is 3.10. The number of benzene rings is 1. The highest BCUT2D eigenvalue weighted by Gasteiger charge is 2.31. The zero-order valence-corrected chi connectivity index (χ0v) is 17.8. The monoisotopic (exact) mass is 468 g/mol. The van der Waals surface area contributed by atoms with E-state index in [9.17, 15) is 13.2 Å². The number of carbonyl (C=O) groups is 1. The molecule has 146 valence electrons. The molecule has 6 nitrogen and oxygen atoms in total. The molecule has 0 aliphatic carbocycles. The Morgan fingerprint density at radius 3 is 2.41 bits per heavy atom. The molecule has 1 aromatic heterocycles. The minimum absolute atomic E-state index is 0.200. The van der Waals surface area contributed by atoms with Gasteiger partial charge in [-0.3, -0.25) is 4.79 Å². The fraction of sp³-hybridized carbons (Fsp3) is 0.312. The second-order valence-electron chi connectivity index (χ2n) is 5.68. The largest absolute Gasteiger partial charge is 0.482 e. The Kier molecular flexibility index (Phi) is 6.55. The van der Waals surface area contributed by atoms with Gasteiger partial charge >= 0.3 is 0 Å². The lowest BCUT2D eigenvalue weighted by atomic mass is 10.3. The minimum atomic E-state index is -3.59. The van der Waals surface area contributed by atoms with Crippen molar-refractivity contribution < 1.29 is 17.9 Å². The molecule has 1 saturated heterocycles. The Balaban J connectivity index is 1.55. The fourth-order valence-corrected chi connectivity index (χ4v) is 5.97. The molecule has 2 heterocycles. The van der Waals surface area contributed by atoms with Crippen LogP contribution < -0.4 is 4.74 Å². The Labute approximate surface area is 176 Å². The number of hydrogen-bond acceptors (Lipinski definition) is 5. The van der Waals surface area contributed by atoms with Gasteiger partial charge in [0.1, 0.15) is 15.0 Å². The van der Waals surface area contributed by atoms with E-state index in [4.69, 9.17) is 39.5 Å². The molecule has 0 bridgehead atoms. The smallest absolute Gasteiger partial charge is 0.260 e. The van der Waals surface area contributed by atoms with Crippen molar-refractivity contribution in [3.8, 4) is 5.75 Å². The van der Waals surface area contributed by atoms with E-state index in [1.165, 1.54) is 10.4 Å². The number of halogens is 3. The molecule has 1 aromatic carbocycles. The van der Waals surface area contributed by atoms with Crippen LogP contribution in [0.5, 0.6) is 5.75 Å². The van der Waals surface area contributed by atoms with E-state index in [0.29, 0.717) is 15.1 Å². The van der Waals surface area contributed by atoms with E-state index in [2.05, 4.69) is 0 Å². The van der Waals surface area contributed by atoms with Gasteiger partial charge in [0.2, 0.25) is 0 Å². The number of carbonyl (C=O) groups excluding carboxylic acids is 1. The van der Waals surface area contributed by atoms with Crippen LogP contribution in [0.2, 0.25) is 14.4 Å². The first-order valence-electron chi connectivity index (χ1n) is 7.89. The maximum Gasteiger partial charge on any atom is 0.260 e. The lowest BCUT2D eigenvalue weighted by Gasteiger charge is -2.33. The van der Waals surface area contributed by atoms with Crippen molar-refractivity contribution in [2.75, 3.05) is 32.8 Å². The molecule has 0 atom stereocenters. The number of ether oxygens (including phenoxy) is 1. The minimum Gasteiger partial charge on any atom is -0.482 e. The lowest BCUT2D eigenvalue weighted by Crippen LogP contribution is -2.51. The van der Waals surface area contributed by atoms with E-state index < -0.39 is 10.0 Å². The van der Waals surface area contributed by atoms with Crippen molar-refractivity contribution >= 4 is 62.1 Å². The van der Waals surface area contributed by atoms with E-state index in [-0.39, 0.29) is 47.9 Å². The van der Waals surface area contributed by atoms with Crippen LogP contribution in [0.4, 0.5) is 0 Å². The van der Waals surface area contributed by atoms with Crippen LogP contribution in [0, 0.1) is 0 Å². The van der Waals surface area contributed by atoms with Gasteiger partial charge in [0, 0.05) is 26.2 Å². The number of sulfonamides is 1. The van der Waals surface area contributed by atoms with Crippen LogP contribution in [-0.4, -0.2) is 56.3 Å². The summed E-state index contributed by atoms with van der Waals surface area (Å²) in [4.78, 5) is 13.9. The van der Waals surface area contributed by atoms with Crippen LogP contribution in [0.25, 0.3) is 0 Å². The summed E-state index contributed by atoms with van der Waals surface area (Å²) in [6.07, 6.45) is 0. The fourth-order valence-electron chi connectivity index (χ4n) is 2.57. The Bertz CT molecular complexity index is 941. The number of thiophene rings is 1. The van der Waals surface area contributed by atoms with Gasteiger partial charge in [-0.15, -0.1) is 11.3 Å². The number of hydrogen-bond donors (Lipinski definition) is 0. The second-order valence-corrected chi connectivity index (χ2v) is 10.3. The van der Waals surface area contributed by atoms with Crippen LogP contribution in [0.3, 0.4) is 0 Å². The van der Waals surface area contributed by atoms with Gasteiger partial charge in [-0.25, -0.2) is 8.42 Å². The predicted octanol–water partition coefficient (Wildman–Crippen LogP) is 3.62. The molecule has 1 aliphatic rings.